The van der Waals surface area contributed by atoms with Gasteiger partial charge in [0.2, 0.25) is 18.6 Å². The SMILES string of the molecule is O=C(Nc1ccc(Br)cn1)C1CCCN(C(=O)C=Cc2ccc3c(c2)OCO3)C1. The van der Waals surface area contributed by atoms with Crippen LogP contribution in [-0.2, 0) is 9.59 Å². The van der Waals surface area contributed by atoms with Crippen LogP contribution in [0.15, 0.2) is 47.1 Å². The zero-order chi connectivity index (χ0) is 20.2. The lowest BCUT2D eigenvalue weighted by molar-refractivity contribution is -0.130. The summed E-state index contributed by atoms with van der Waals surface area (Å²) in [5.41, 5.74) is 0.857. The van der Waals surface area contributed by atoms with Crippen molar-refractivity contribution in [3.8, 4) is 11.5 Å². The van der Waals surface area contributed by atoms with Gasteiger partial charge in [0.1, 0.15) is 5.82 Å². The first kappa shape index (κ1) is 19.4. The molecule has 1 unspecified atom stereocenters. The Kier molecular flexibility index (Phi) is 5.80. The van der Waals surface area contributed by atoms with Gasteiger partial charge in [-0.05, 0) is 64.7 Å². The molecule has 0 radical (unpaired) electrons. The van der Waals surface area contributed by atoms with E-state index in [2.05, 4.69) is 26.2 Å². The first-order chi connectivity index (χ1) is 14.1. The number of ether oxygens (including phenoxy) is 2. The minimum absolute atomic E-state index is 0.109. The molecule has 0 spiro atoms. The second kappa shape index (κ2) is 8.65. The van der Waals surface area contributed by atoms with Crippen LogP contribution in [-0.4, -0.2) is 41.6 Å². The molecule has 150 valence electrons. The Morgan fingerprint density at radius 3 is 2.90 bits per heavy atom. The van der Waals surface area contributed by atoms with Gasteiger partial charge in [0.05, 0.1) is 5.92 Å². The molecule has 0 saturated carbocycles. The van der Waals surface area contributed by atoms with Gasteiger partial charge in [0.15, 0.2) is 11.5 Å². The van der Waals surface area contributed by atoms with Gasteiger partial charge in [0.25, 0.3) is 0 Å². The van der Waals surface area contributed by atoms with Crippen molar-refractivity contribution >= 4 is 39.6 Å². The van der Waals surface area contributed by atoms with E-state index in [9.17, 15) is 9.59 Å². The highest BCUT2D eigenvalue weighted by Crippen LogP contribution is 2.32. The van der Waals surface area contributed by atoms with E-state index >= 15 is 0 Å². The number of likely N-dealkylation sites (tertiary alicyclic amines) is 1. The highest BCUT2D eigenvalue weighted by Gasteiger charge is 2.27. The summed E-state index contributed by atoms with van der Waals surface area (Å²) < 4.78 is 11.5. The molecule has 29 heavy (non-hydrogen) atoms. The Morgan fingerprint density at radius 2 is 2.07 bits per heavy atom. The third kappa shape index (κ3) is 4.76. The second-order valence-electron chi connectivity index (χ2n) is 6.92. The summed E-state index contributed by atoms with van der Waals surface area (Å²) in [6.07, 6.45) is 6.45. The minimum atomic E-state index is -0.253. The molecule has 3 heterocycles. The van der Waals surface area contributed by atoms with E-state index in [0.717, 1.165) is 22.9 Å². The number of benzene rings is 1. The summed E-state index contributed by atoms with van der Waals surface area (Å²) in [6, 6.07) is 9.09. The van der Waals surface area contributed by atoms with Crippen molar-refractivity contribution in [2.45, 2.75) is 12.8 Å². The van der Waals surface area contributed by atoms with Crippen molar-refractivity contribution in [3.05, 3.63) is 52.6 Å². The monoisotopic (exact) mass is 457 g/mol. The van der Waals surface area contributed by atoms with E-state index in [1.165, 1.54) is 6.08 Å². The Labute approximate surface area is 176 Å². The molecule has 1 saturated heterocycles. The summed E-state index contributed by atoms with van der Waals surface area (Å²) in [6.45, 7) is 1.26. The number of hydrogen-bond acceptors (Lipinski definition) is 5. The number of anilines is 1. The average molecular weight is 458 g/mol. The lowest BCUT2D eigenvalue weighted by Crippen LogP contribution is -2.43. The number of carbonyl (C=O) groups excluding carboxylic acids is 2. The lowest BCUT2D eigenvalue weighted by Gasteiger charge is -2.31. The fraction of sp³-hybridized carbons (Fsp3) is 0.286. The Morgan fingerprint density at radius 1 is 1.21 bits per heavy atom. The van der Waals surface area contributed by atoms with Crippen LogP contribution < -0.4 is 14.8 Å². The molecule has 0 bridgehead atoms. The van der Waals surface area contributed by atoms with E-state index in [-0.39, 0.29) is 24.5 Å². The van der Waals surface area contributed by atoms with E-state index in [1.807, 2.05) is 24.3 Å². The number of fused-ring (bicyclic) bond motifs is 1. The largest absolute Gasteiger partial charge is 0.454 e. The van der Waals surface area contributed by atoms with Crippen molar-refractivity contribution in [2.24, 2.45) is 5.92 Å². The topological polar surface area (TPSA) is 80.8 Å². The molecule has 1 aromatic heterocycles. The number of nitrogens with zero attached hydrogens (tertiary/aromatic N) is 2. The molecule has 2 aromatic rings. The quantitative estimate of drug-likeness (QED) is 0.710. The molecule has 1 N–H and O–H groups in total. The molecule has 7 nitrogen and oxygen atoms in total. The van der Waals surface area contributed by atoms with E-state index < -0.39 is 0 Å². The zero-order valence-electron chi connectivity index (χ0n) is 15.6. The molecule has 4 rings (SSSR count). The highest BCUT2D eigenvalue weighted by molar-refractivity contribution is 9.10. The molecular weight excluding hydrogens is 438 g/mol. The summed E-state index contributed by atoms with van der Waals surface area (Å²) in [5, 5.41) is 2.83. The van der Waals surface area contributed by atoms with Crippen molar-refractivity contribution in [1.82, 2.24) is 9.88 Å². The van der Waals surface area contributed by atoms with Gasteiger partial charge in [-0.25, -0.2) is 4.98 Å². The van der Waals surface area contributed by atoms with E-state index in [4.69, 9.17) is 9.47 Å². The molecule has 1 aromatic carbocycles. The fourth-order valence-corrected chi connectivity index (χ4v) is 3.59. The normalized spacial score (nSPS) is 18.1. The van der Waals surface area contributed by atoms with Crippen LogP contribution in [0, 0.1) is 5.92 Å². The average Bonchev–Trinajstić information content (AvgIpc) is 3.21. The van der Waals surface area contributed by atoms with E-state index in [1.54, 1.807) is 23.2 Å². The molecule has 2 amide bonds. The number of pyridine rings is 1. The third-order valence-electron chi connectivity index (χ3n) is 4.90. The Balaban J connectivity index is 1.35. The standard InChI is InChI=1S/C21H20BrN3O4/c22-16-5-7-19(23-11-16)24-21(27)15-2-1-9-25(12-15)20(26)8-4-14-3-6-17-18(10-14)29-13-28-17/h3-8,10-11,15H,1-2,9,12-13H2,(H,23,24,27). The lowest BCUT2D eigenvalue weighted by atomic mass is 9.97. The van der Waals surface area contributed by atoms with Gasteiger partial charge in [-0.1, -0.05) is 6.07 Å². The van der Waals surface area contributed by atoms with Gasteiger partial charge >= 0.3 is 0 Å². The summed E-state index contributed by atoms with van der Waals surface area (Å²) in [5.74, 6) is 1.41. The Hall–Kier alpha value is -2.87. The predicted molar refractivity (Wildman–Crippen MR) is 111 cm³/mol. The zero-order valence-corrected chi connectivity index (χ0v) is 17.2. The van der Waals surface area contributed by atoms with Gasteiger partial charge in [-0.2, -0.15) is 0 Å². The van der Waals surface area contributed by atoms with Crippen LogP contribution >= 0.6 is 15.9 Å². The molecule has 2 aliphatic heterocycles. The molecule has 2 aliphatic rings. The Bertz CT molecular complexity index is 945. The molecule has 0 aliphatic carbocycles. The van der Waals surface area contributed by atoms with Crippen LogP contribution in [0.1, 0.15) is 18.4 Å². The number of halogens is 1. The number of rotatable bonds is 4. The van der Waals surface area contributed by atoms with Crippen LogP contribution in [0.4, 0.5) is 5.82 Å². The number of amides is 2. The fourth-order valence-electron chi connectivity index (χ4n) is 3.36. The number of nitrogens with one attached hydrogen (secondary N) is 1. The smallest absolute Gasteiger partial charge is 0.246 e. The van der Waals surface area contributed by atoms with Crippen molar-refractivity contribution in [3.63, 3.8) is 0 Å². The highest BCUT2D eigenvalue weighted by atomic mass is 79.9. The summed E-state index contributed by atoms with van der Waals surface area (Å²) >= 11 is 3.32. The molecular formula is C21H20BrN3O4. The maximum absolute atomic E-state index is 12.6. The maximum Gasteiger partial charge on any atom is 0.246 e. The van der Waals surface area contributed by atoms with Gasteiger partial charge < -0.3 is 19.7 Å². The molecule has 8 heteroatoms. The van der Waals surface area contributed by atoms with Crippen LogP contribution in [0.25, 0.3) is 6.08 Å². The first-order valence-electron chi connectivity index (χ1n) is 9.37. The van der Waals surface area contributed by atoms with Gasteiger partial charge in [0, 0.05) is 29.8 Å². The van der Waals surface area contributed by atoms with Crippen molar-refractivity contribution in [2.75, 3.05) is 25.2 Å². The first-order valence-corrected chi connectivity index (χ1v) is 10.2. The van der Waals surface area contributed by atoms with Crippen LogP contribution in [0.3, 0.4) is 0 Å². The second-order valence-corrected chi connectivity index (χ2v) is 7.84. The number of aromatic nitrogens is 1. The third-order valence-corrected chi connectivity index (χ3v) is 5.37. The molecule has 1 atom stereocenters. The van der Waals surface area contributed by atoms with Gasteiger partial charge in [-0.3, -0.25) is 9.59 Å². The van der Waals surface area contributed by atoms with Gasteiger partial charge in [-0.15, -0.1) is 0 Å². The maximum atomic E-state index is 12.6. The number of hydrogen-bond donors (Lipinski definition) is 1. The number of carbonyl (C=O) groups is 2. The summed E-state index contributed by atoms with van der Waals surface area (Å²) in [7, 11) is 0. The summed E-state index contributed by atoms with van der Waals surface area (Å²) in [4.78, 5) is 31.0. The van der Waals surface area contributed by atoms with E-state index in [0.29, 0.717) is 30.4 Å². The minimum Gasteiger partial charge on any atom is -0.454 e. The van der Waals surface area contributed by atoms with Crippen LogP contribution in [0.2, 0.25) is 0 Å². The predicted octanol–water partition coefficient (Wildman–Crippen LogP) is 3.46. The van der Waals surface area contributed by atoms with Crippen LogP contribution in [0.5, 0.6) is 11.5 Å². The number of piperidine rings is 1. The van der Waals surface area contributed by atoms with Crippen molar-refractivity contribution < 1.29 is 19.1 Å². The molecule has 1 fully saturated rings. The van der Waals surface area contributed by atoms with Crippen molar-refractivity contribution in [1.29, 1.82) is 0 Å².